The van der Waals surface area contributed by atoms with E-state index in [4.69, 9.17) is 19.7 Å². The molecule has 0 spiro atoms. The molecule has 12 heteroatoms. The molecule has 0 aliphatic rings. The Morgan fingerprint density at radius 1 is 1.38 bits per heavy atom. The van der Waals surface area contributed by atoms with Crippen molar-refractivity contribution in [2.75, 3.05) is 26.1 Å². The Morgan fingerprint density at radius 3 is 2.75 bits per heavy atom. The molecule has 2 rings (SSSR count). The molecular formula is C20H34N5O6P. The van der Waals surface area contributed by atoms with Crippen LogP contribution in [-0.2, 0) is 29.8 Å². The number of aromatic nitrogens is 3. The minimum Gasteiger partial charge on any atom is -0.465 e. The highest BCUT2D eigenvalue weighted by Crippen LogP contribution is 2.22. The highest BCUT2D eigenvalue weighted by molar-refractivity contribution is 7.36. The summed E-state index contributed by atoms with van der Waals surface area (Å²) in [6.45, 7) is 7.88. The number of methoxy groups -OCH3 is 1. The third-order valence-electron chi connectivity index (χ3n) is 4.87. The number of nitrogens with two attached hydrogens (primary N) is 1. The van der Waals surface area contributed by atoms with Gasteiger partial charge < -0.3 is 24.8 Å². The number of rotatable bonds is 12. The molecule has 11 nitrogen and oxygen atoms in total. The van der Waals surface area contributed by atoms with Crippen molar-refractivity contribution < 1.29 is 28.5 Å². The fraction of sp³-hybridized carbons (Fsp3) is 0.650. The Balaban J connectivity index is 1.82. The zero-order valence-corrected chi connectivity index (χ0v) is 20.2. The monoisotopic (exact) mass is 471 g/mol. The maximum atomic E-state index is 12.2. The topological polar surface area (TPSA) is 150 Å². The van der Waals surface area contributed by atoms with Gasteiger partial charge in [-0.05, 0) is 30.9 Å². The van der Waals surface area contributed by atoms with Gasteiger partial charge in [-0.15, -0.1) is 0 Å². The molecule has 2 aromatic rings. The number of carbonyl (C=O) groups excluding carboxylic acids is 1. The maximum Gasteiger partial charge on any atom is 0.323 e. The summed E-state index contributed by atoms with van der Waals surface area (Å²) in [6.07, 6.45) is 0.563. The number of aliphatic hydroxyl groups is 1. The Hall–Kier alpha value is -2.04. The van der Waals surface area contributed by atoms with Crippen molar-refractivity contribution >= 4 is 25.5 Å². The molecular weight excluding hydrogens is 437 g/mol. The first-order chi connectivity index (χ1) is 15.0. The summed E-state index contributed by atoms with van der Waals surface area (Å²) in [5.41, 5.74) is 7.22. The number of anilines is 1. The van der Waals surface area contributed by atoms with Crippen LogP contribution in [0.15, 0.2) is 18.5 Å². The second-order valence-electron chi connectivity index (χ2n) is 8.76. The van der Waals surface area contributed by atoms with Crippen LogP contribution in [0.25, 0.3) is 5.52 Å². The lowest BCUT2D eigenvalue weighted by Crippen LogP contribution is -2.35. The molecule has 0 fully saturated rings. The van der Waals surface area contributed by atoms with E-state index in [1.54, 1.807) is 23.6 Å². The molecule has 0 saturated carbocycles. The molecule has 0 aromatic carbocycles. The van der Waals surface area contributed by atoms with Gasteiger partial charge in [0.15, 0.2) is 5.82 Å². The molecule has 2 aromatic heterocycles. The van der Waals surface area contributed by atoms with Crippen molar-refractivity contribution in [3.05, 3.63) is 24.2 Å². The lowest BCUT2D eigenvalue weighted by molar-refractivity contribution is -0.145. The Kier molecular flexibility index (Phi) is 9.60. The van der Waals surface area contributed by atoms with Crippen molar-refractivity contribution in [1.29, 1.82) is 0 Å². The number of hydrogen-bond acceptors (Lipinski definition) is 9. The third-order valence-corrected chi connectivity index (χ3v) is 5.97. The molecule has 0 saturated heterocycles. The first-order valence-electron chi connectivity index (χ1n) is 10.4. The summed E-state index contributed by atoms with van der Waals surface area (Å²) in [6, 6.07) is 2.76. The molecule has 32 heavy (non-hydrogen) atoms. The van der Waals surface area contributed by atoms with Gasteiger partial charge in [0.1, 0.15) is 24.0 Å². The van der Waals surface area contributed by atoms with Crippen LogP contribution < -0.4 is 10.8 Å². The molecule has 0 bridgehead atoms. The van der Waals surface area contributed by atoms with Crippen LogP contribution >= 0.6 is 8.18 Å². The number of nitrogens with zero attached hydrogens (tertiary/aromatic N) is 3. The molecule has 0 radical (unpaired) electrons. The van der Waals surface area contributed by atoms with Gasteiger partial charge in [0.25, 0.3) is 8.18 Å². The van der Waals surface area contributed by atoms with E-state index in [9.17, 15) is 14.5 Å². The van der Waals surface area contributed by atoms with Gasteiger partial charge >= 0.3 is 5.97 Å². The Bertz CT molecular complexity index is 916. The number of carbonyl (C=O) groups is 1. The fourth-order valence-electron chi connectivity index (χ4n) is 2.86. The smallest absolute Gasteiger partial charge is 0.323 e. The van der Waals surface area contributed by atoms with Crippen molar-refractivity contribution in [3.8, 4) is 0 Å². The van der Waals surface area contributed by atoms with Crippen LogP contribution in [0.5, 0.6) is 0 Å². The SMILES string of the molecule is CO[C@H](CO[PH](=O)N[C@@H](C)C(=O)OCCC(C)(C)C)[C@@H](O)Cc1ccc2c(N)ncnn12. The van der Waals surface area contributed by atoms with E-state index >= 15 is 0 Å². The summed E-state index contributed by atoms with van der Waals surface area (Å²) in [5, 5.41) is 17.3. The first kappa shape index (κ1) is 26.2. The van der Waals surface area contributed by atoms with E-state index in [2.05, 4.69) is 35.9 Å². The van der Waals surface area contributed by atoms with E-state index in [1.807, 2.05) is 0 Å². The fourth-order valence-corrected chi connectivity index (χ4v) is 3.73. The second-order valence-corrected chi connectivity index (χ2v) is 9.91. The van der Waals surface area contributed by atoms with Crippen LogP contribution in [0.2, 0.25) is 0 Å². The number of aliphatic hydroxyl groups excluding tert-OH is 1. The van der Waals surface area contributed by atoms with Gasteiger partial charge in [0.2, 0.25) is 0 Å². The summed E-state index contributed by atoms with van der Waals surface area (Å²) in [7, 11) is -1.34. The molecule has 180 valence electrons. The van der Waals surface area contributed by atoms with Gasteiger partial charge in [0, 0.05) is 19.2 Å². The standard InChI is InChI=1S/C20H34N5O6P/c1-13(19(27)30-9-8-20(2,3)4)24-32(28)31-11-17(29-5)16(26)10-14-6-7-15-18(21)22-12-23-25(14)15/h6-7,12-13,16-17,26,32H,8-11H2,1-5H3,(H,24,28)(H2,21,22,23)/t13-,16-,17+/m0/s1. The van der Waals surface area contributed by atoms with E-state index in [0.717, 1.165) is 6.42 Å². The zero-order valence-electron chi connectivity index (χ0n) is 19.2. The third kappa shape index (κ3) is 7.83. The van der Waals surface area contributed by atoms with Gasteiger partial charge in [-0.3, -0.25) is 9.36 Å². The number of nitrogen functional groups attached to an aromatic ring is 1. The summed E-state index contributed by atoms with van der Waals surface area (Å²) in [5.74, 6) is -0.163. The predicted molar refractivity (Wildman–Crippen MR) is 120 cm³/mol. The lowest BCUT2D eigenvalue weighted by atomic mass is 9.93. The van der Waals surface area contributed by atoms with E-state index in [1.165, 1.54) is 13.4 Å². The summed E-state index contributed by atoms with van der Waals surface area (Å²) < 4.78 is 29.6. The van der Waals surface area contributed by atoms with E-state index in [-0.39, 0.29) is 18.4 Å². The van der Waals surface area contributed by atoms with Crippen molar-refractivity contribution in [2.24, 2.45) is 5.41 Å². The van der Waals surface area contributed by atoms with Crippen LogP contribution in [-0.4, -0.2) is 64.2 Å². The van der Waals surface area contributed by atoms with Crippen molar-refractivity contribution in [3.63, 3.8) is 0 Å². The molecule has 0 amide bonds. The zero-order chi connectivity index (χ0) is 23.9. The largest absolute Gasteiger partial charge is 0.465 e. The highest BCUT2D eigenvalue weighted by atomic mass is 31.1. The van der Waals surface area contributed by atoms with Crippen LogP contribution in [0.4, 0.5) is 5.82 Å². The number of ether oxygens (including phenoxy) is 2. The van der Waals surface area contributed by atoms with E-state index in [0.29, 0.717) is 23.6 Å². The van der Waals surface area contributed by atoms with Crippen molar-refractivity contribution in [2.45, 2.75) is 58.8 Å². The van der Waals surface area contributed by atoms with Gasteiger partial charge in [-0.1, -0.05) is 20.8 Å². The van der Waals surface area contributed by atoms with Gasteiger partial charge in [0.05, 0.1) is 19.3 Å². The number of esters is 1. The lowest BCUT2D eigenvalue weighted by Gasteiger charge is -2.22. The minimum absolute atomic E-state index is 0.0518. The first-order valence-corrected chi connectivity index (χ1v) is 11.7. The Morgan fingerprint density at radius 2 is 2.09 bits per heavy atom. The maximum absolute atomic E-state index is 12.2. The van der Waals surface area contributed by atoms with Crippen LogP contribution in [0, 0.1) is 5.41 Å². The molecule has 4 N–H and O–H groups in total. The second kappa shape index (κ2) is 11.7. The van der Waals surface area contributed by atoms with Crippen molar-refractivity contribution in [1.82, 2.24) is 19.7 Å². The molecule has 0 aliphatic heterocycles. The predicted octanol–water partition coefficient (Wildman–Crippen LogP) is 1.59. The molecule has 4 atom stereocenters. The molecule has 0 aliphatic carbocycles. The number of nitrogens with one attached hydrogen (secondary N) is 1. The molecule has 1 unspecified atom stereocenters. The normalized spacial score (nSPS) is 15.9. The summed E-state index contributed by atoms with van der Waals surface area (Å²) >= 11 is 0. The number of fused-ring (bicyclic) bond motifs is 1. The van der Waals surface area contributed by atoms with E-state index < -0.39 is 32.4 Å². The van der Waals surface area contributed by atoms with Gasteiger partial charge in [-0.25, -0.2) is 14.6 Å². The quantitative estimate of drug-likeness (QED) is 0.307. The van der Waals surface area contributed by atoms with Gasteiger partial charge in [-0.2, -0.15) is 5.10 Å². The number of hydrogen-bond donors (Lipinski definition) is 3. The Labute approximate surface area is 188 Å². The minimum atomic E-state index is -2.76. The molecule has 2 heterocycles. The van der Waals surface area contributed by atoms with Crippen LogP contribution in [0.1, 0.15) is 39.8 Å². The van der Waals surface area contributed by atoms with Crippen LogP contribution in [0.3, 0.4) is 0 Å². The highest BCUT2D eigenvalue weighted by Gasteiger charge is 2.24. The average molecular weight is 471 g/mol. The average Bonchev–Trinajstić information content (AvgIpc) is 3.11. The summed E-state index contributed by atoms with van der Waals surface area (Å²) in [4.78, 5) is 16.0.